The van der Waals surface area contributed by atoms with Crippen LogP contribution in [0.1, 0.15) is 40.5 Å². The van der Waals surface area contributed by atoms with E-state index in [9.17, 15) is 4.79 Å². The van der Waals surface area contributed by atoms with Gasteiger partial charge in [-0.1, -0.05) is 29.4 Å². The van der Waals surface area contributed by atoms with Crippen LogP contribution in [0, 0.1) is 20.8 Å². The summed E-state index contributed by atoms with van der Waals surface area (Å²) >= 11 is 0. The third kappa shape index (κ3) is 4.69. The van der Waals surface area contributed by atoms with Crippen molar-refractivity contribution >= 4 is 6.03 Å². The topological polar surface area (TPSA) is 61.6 Å². The van der Waals surface area contributed by atoms with Crippen LogP contribution in [0.4, 0.5) is 4.79 Å². The highest BCUT2D eigenvalue weighted by Gasteiger charge is 2.24. The molecule has 2 aromatic rings. The number of rotatable bonds is 6. The molecule has 1 aliphatic rings. The van der Waals surface area contributed by atoms with Gasteiger partial charge in [0.05, 0.1) is 12.2 Å². The van der Waals surface area contributed by atoms with Crippen LogP contribution in [0.25, 0.3) is 0 Å². The highest BCUT2D eigenvalue weighted by atomic mass is 16.5. The molecule has 1 saturated heterocycles. The highest BCUT2D eigenvalue weighted by molar-refractivity contribution is 5.73. The molecule has 1 aromatic heterocycles. The number of benzene rings is 1. The SMILES string of the molecule is Cc1ccccc1C1CCN(CCNC(=O)N(C)Cc2c(C)noc2C)C1. The van der Waals surface area contributed by atoms with Gasteiger partial charge in [0.25, 0.3) is 0 Å². The summed E-state index contributed by atoms with van der Waals surface area (Å²) in [6.45, 7) is 10.2. The van der Waals surface area contributed by atoms with Crippen LogP contribution < -0.4 is 5.32 Å². The van der Waals surface area contributed by atoms with Crippen LogP contribution in [0.3, 0.4) is 0 Å². The molecule has 2 amide bonds. The number of hydrogen-bond acceptors (Lipinski definition) is 4. The molecule has 27 heavy (non-hydrogen) atoms. The van der Waals surface area contributed by atoms with Crippen LogP contribution in [-0.4, -0.2) is 54.2 Å². The Balaban J connectivity index is 1.42. The largest absolute Gasteiger partial charge is 0.361 e. The van der Waals surface area contributed by atoms with E-state index < -0.39 is 0 Å². The van der Waals surface area contributed by atoms with Crippen LogP contribution >= 0.6 is 0 Å². The molecule has 1 atom stereocenters. The van der Waals surface area contributed by atoms with Crippen molar-refractivity contribution in [2.24, 2.45) is 0 Å². The summed E-state index contributed by atoms with van der Waals surface area (Å²) in [7, 11) is 1.80. The van der Waals surface area contributed by atoms with Gasteiger partial charge in [0.15, 0.2) is 0 Å². The smallest absolute Gasteiger partial charge is 0.317 e. The Labute approximate surface area is 161 Å². The number of aryl methyl sites for hydroxylation is 3. The summed E-state index contributed by atoms with van der Waals surface area (Å²) in [5.41, 5.74) is 4.65. The molecule has 146 valence electrons. The van der Waals surface area contributed by atoms with Crippen LogP contribution in [0.15, 0.2) is 28.8 Å². The molecule has 0 saturated carbocycles. The first kappa shape index (κ1) is 19.4. The van der Waals surface area contributed by atoms with Crippen molar-refractivity contribution in [1.82, 2.24) is 20.3 Å². The number of urea groups is 1. The summed E-state index contributed by atoms with van der Waals surface area (Å²) < 4.78 is 5.16. The van der Waals surface area contributed by atoms with Crippen molar-refractivity contribution in [3.63, 3.8) is 0 Å². The lowest BCUT2D eigenvalue weighted by Gasteiger charge is -2.20. The molecule has 3 rings (SSSR count). The Kier molecular flexibility index (Phi) is 6.16. The molecule has 1 aromatic carbocycles. The maximum atomic E-state index is 12.3. The van der Waals surface area contributed by atoms with Gasteiger partial charge in [-0.15, -0.1) is 0 Å². The van der Waals surface area contributed by atoms with Gasteiger partial charge in [-0.05, 0) is 50.8 Å². The summed E-state index contributed by atoms with van der Waals surface area (Å²) in [6, 6.07) is 8.59. The molecule has 1 aliphatic heterocycles. The first-order valence-electron chi connectivity index (χ1n) is 9.64. The van der Waals surface area contributed by atoms with Gasteiger partial charge < -0.3 is 19.6 Å². The molecule has 0 radical (unpaired) electrons. The van der Waals surface area contributed by atoms with Crippen molar-refractivity contribution in [3.05, 3.63) is 52.4 Å². The fraction of sp³-hybridized carbons (Fsp3) is 0.524. The third-order valence-corrected chi connectivity index (χ3v) is 5.53. The predicted octanol–water partition coefficient (Wildman–Crippen LogP) is 3.23. The molecule has 6 heteroatoms. The second kappa shape index (κ2) is 8.57. The summed E-state index contributed by atoms with van der Waals surface area (Å²) in [6.07, 6.45) is 1.19. The van der Waals surface area contributed by atoms with E-state index in [0.29, 0.717) is 19.0 Å². The number of likely N-dealkylation sites (tertiary alicyclic amines) is 1. The minimum atomic E-state index is -0.0651. The lowest BCUT2D eigenvalue weighted by atomic mass is 9.94. The summed E-state index contributed by atoms with van der Waals surface area (Å²) in [4.78, 5) is 16.5. The van der Waals surface area contributed by atoms with E-state index in [1.54, 1.807) is 11.9 Å². The molecule has 6 nitrogen and oxygen atoms in total. The molecular weight excluding hydrogens is 340 g/mol. The van der Waals surface area contributed by atoms with E-state index in [4.69, 9.17) is 4.52 Å². The zero-order valence-electron chi connectivity index (χ0n) is 16.8. The van der Waals surface area contributed by atoms with E-state index in [1.807, 2.05) is 13.8 Å². The second-order valence-corrected chi connectivity index (χ2v) is 7.53. The van der Waals surface area contributed by atoms with E-state index in [0.717, 1.165) is 36.7 Å². The Bertz CT molecular complexity index is 767. The van der Waals surface area contributed by atoms with E-state index in [-0.39, 0.29) is 6.03 Å². The second-order valence-electron chi connectivity index (χ2n) is 7.53. The molecule has 0 aliphatic carbocycles. The van der Waals surface area contributed by atoms with Crippen molar-refractivity contribution in [3.8, 4) is 0 Å². The number of aromatic nitrogens is 1. The molecule has 2 heterocycles. The number of carbonyl (C=O) groups is 1. The van der Waals surface area contributed by atoms with Crippen molar-refractivity contribution in [2.45, 2.75) is 39.7 Å². The maximum Gasteiger partial charge on any atom is 0.317 e. The van der Waals surface area contributed by atoms with Gasteiger partial charge in [0.2, 0.25) is 0 Å². The minimum absolute atomic E-state index is 0.0651. The maximum absolute atomic E-state index is 12.3. The average molecular weight is 370 g/mol. The Hall–Kier alpha value is -2.34. The average Bonchev–Trinajstić information content (AvgIpc) is 3.24. The first-order chi connectivity index (χ1) is 13.0. The fourth-order valence-electron chi connectivity index (χ4n) is 3.83. The quantitative estimate of drug-likeness (QED) is 0.848. The molecular formula is C21H30N4O2. The van der Waals surface area contributed by atoms with E-state index in [2.05, 4.69) is 46.6 Å². The number of nitrogens with one attached hydrogen (secondary N) is 1. The molecule has 1 N–H and O–H groups in total. The van der Waals surface area contributed by atoms with Gasteiger partial charge in [-0.2, -0.15) is 0 Å². The Morgan fingerprint density at radius 2 is 2.11 bits per heavy atom. The summed E-state index contributed by atoms with van der Waals surface area (Å²) in [5, 5.41) is 6.96. The number of nitrogens with zero attached hydrogens (tertiary/aromatic N) is 3. The fourth-order valence-corrected chi connectivity index (χ4v) is 3.83. The van der Waals surface area contributed by atoms with Crippen LogP contribution in [-0.2, 0) is 6.54 Å². The zero-order valence-corrected chi connectivity index (χ0v) is 16.8. The lowest BCUT2D eigenvalue weighted by Crippen LogP contribution is -2.40. The Morgan fingerprint density at radius 3 is 2.81 bits per heavy atom. The van der Waals surface area contributed by atoms with Crippen molar-refractivity contribution in [2.75, 3.05) is 33.2 Å². The monoisotopic (exact) mass is 370 g/mol. The molecule has 1 unspecified atom stereocenters. The van der Waals surface area contributed by atoms with E-state index >= 15 is 0 Å². The van der Waals surface area contributed by atoms with Crippen LogP contribution in [0.2, 0.25) is 0 Å². The normalized spacial score (nSPS) is 17.3. The molecule has 0 spiro atoms. The van der Waals surface area contributed by atoms with Gasteiger partial charge >= 0.3 is 6.03 Å². The van der Waals surface area contributed by atoms with E-state index in [1.165, 1.54) is 17.5 Å². The first-order valence-corrected chi connectivity index (χ1v) is 9.64. The lowest BCUT2D eigenvalue weighted by molar-refractivity contribution is 0.204. The third-order valence-electron chi connectivity index (χ3n) is 5.53. The minimum Gasteiger partial charge on any atom is -0.361 e. The number of amides is 2. The highest BCUT2D eigenvalue weighted by Crippen LogP contribution is 2.28. The van der Waals surface area contributed by atoms with Crippen LogP contribution in [0.5, 0.6) is 0 Å². The Morgan fingerprint density at radius 1 is 1.33 bits per heavy atom. The standard InChI is InChI=1S/C21H30N4O2/c1-15-7-5-6-8-19(15)18-9-11-25(13-18)12-10-22-21(26)24(4)14-20-16(2)23-27-17(20)3/h5-8,18H,9-14H2,1-4H3,(H,22,26). The number of hydrogen-bond donors (Lipinski definition) is 1. The molecule has 1 fully saturated rings. The summed E-state index contributed by atoms with van der Waals surface area (Å²) in [5.74, 6) is 1.37. The molecule has 0 bridgehead atoms. The van der Waals surface area contributed by atoms with Gasteiger partial charge in [-0.25, -0.2) is 4.79 Å². The van der Waals surface area contributed by atoms with Gasteiger partial charge in [0.1, 0.15) is 5.76 Å². The van der Waals surface area contributed by atoms with Crippen molar-refractivity contribution < 1.29 is 9.32 Å². The predicted molar refractivity (Wildman–Crippen MR) is 106 cm³/mol. The van der Waals surface area contributed by atoms with Crippen molar-refractivity contribution in [1.29, 1.82) is 0 Å². The van der Waals surface area contributed by atoms with Gasteiger partial charge in [-0.3, -0.25) is 0 Å². The number of carbonyl (C=O) groups excluding carboxylic acids is 1. The van der Waals surface area contributed by atoms with Gasteiger partial charge in [0, 0.05) is 32.2 Å². The zero-order chi connectivity index (χ0) is 19.4.